The van der Waals surface area contributed by atoms with Crippen LogP contribution in [0.2, 0.25) is 0 Å². The van der Waals surface area contributed by atoms with Gasteiger partial charge in [-0.15, -0.1) is 0 Å². The maximum Gasteiger partial charge on any atom is 0.339 e. The number of hydrogen-bond donors (Lipinski definition) is 2. The molecule has 138 valence electrons. The van der Waals surface area contributed by atoms with Gasteiger partial charge in [0.2, 0.25) is 0 Å². The van der Waals surface area contributed by atoms with E-state index in [4.69, 9.17) is 4.74 Å². The van der Waals surface area contributed by atoms with E-state index in [0.29, 0.717) is 28.7 Å². The number of esters is 1. The van der Waals surface area contributed by atoms with Crippen molar-refractivity contribution in [3.05, 3.63) is 60.2 Å². The molecule has 3 aromatic rings. The van der Waals surface area contributed by atoms with Gasteiger partial charge in [0.1, 0.15) is 5.75 Å². The lowest BCUT2D eigenvalue weighted by Crippen LogP contribution is -2.29. The van der Waals surface area contributed by atoms with Gasteiger partial charge in [-0.3, -0.25) is 4.79 Å². The molecule has 3 rings (SSSR count). The molecule has 0 unspecified atom stereocenters. The standard InChI is InChI=1S/C21H20N2O4/c1-2-11-22-20(25)13-27-21(26)17-12-19(14-7-9-15(24)10-8-14)23-18-6-4-3-5-16(17)18/h3-10,12,24H,2,11,13H2,1H3,(H,22,25). The molecule has 0 saturated heterocycles. The van der Waals surface area contributed by atoms with Gasteiger partial charge < -0.3 is 15.2 Å². The number of aromatic nitrogens is 1. The van der Waals surface area contributed by atoms with Gasteiger partial charge in [-0.2, -0.15) is 0 Å². The molecule has 0 aliphatic heterocycles. The minimum atomic E-state index is -0.583. The van der Waals surface area contributed by atoms with Crippen molar-refractivity contribution in [1.82, 2.24) is 10.3 Å². The summed E-state index contributed by atoms with van der Waals surface area (Å²) in [6, 6.07) is 15.4. The number of amides is 1. The summed E-state index contributed by atoms with van der Waals surface area (Å²) >= 11 is 0. The van der Waals surface area contributed by atoms with Crippen LogP contribution in [0.5, 0.6) is 5.75 Å². The summed E-state index contributed by atoms with van der Waals surface area (Å²) in [5.41, 5.74) is 2.32. The van der Waals surface area contributed by atoms with Crippen LogP contribution in [0.15, 0.2) is 54.6 Å². The second-order valence-electron chi connectivity index (χ2n) is 6.05. The van der Waals surface area contributed by atoms with E-state index in [0.717, 1.165) is 12.0 Å². The van der Waals surface area contributed by atoms with E-state index >= 15 is 0 Å². The van der Waals surface area contributed by atoms with Crippen LogP contribution in [-0.2, 0) is 9.53 Å². The van der Waals surface area contributed by atoms with Crippen LogP contribution in [0.4, 0.5) is 0 Å². The van der Waals surface area contributed by atoms with Crippen molar-refractivity contribution in [1.29, 1.82) is 0 Å². The Labute approximate surface area is 156 Å². The lowest BCUT2D eigenvalue weighted by atomic mass is 10.0. The number of benzene rings is 2. The fourth-order valence-corrected chi connectivity index (χ4v) is 2.65. The van der Waals surface area contributed by atoms with Gasteiger partial charge in [0.05, 0.1) is 16.8 Å². The third kappa shape index (κ3) is 4.41. The van der Waals surface area contributed by atoms with Gasteiger partial charge in [-0.05, 0) is 42.8 Å². The predicted octanol–water partition coefficient (Wildman–Crippen LogP) is 3.29. The molecule has 6 heteroatoms. The highest BCUT2D eigenvalue weighted by Gasteiger charge is 2.16. The lowest BCUT2D eigenvalue weighted by molar-refractivity contribution is -0.124. The zero-order valence-electron chi connectivity index (χ0n) is 14.9. The van der Waals surface area contributed by atoms with E-state index in [1.54, 1.807) is 36.4 Å². The second kappa shape index (κ2) is 8.31. The number of nitrogens with one attached hydrogen (secondary N) is 1. The molecule has 0 bridgehead atoms. The number of rotatable bonds is 6. The molecule has 1 amide bonds. The van der Waals surface area contributed by atoms with E-state index in [1.165, 1.54) is 0 Å². The number of ether oxygens (including phenoxy) is 1. The Hall–Kier alpha value is -3.41. The predicted molar refractivity (Wildman–Crippen MR) is 102 cm³/mol. The molecule has 0 aliphatic carbocycles. The third-order valence-corrected chi connectivity index (χ3v) is 4.01. The first-order valence-electron chi connectivity index (χ1n) is 8.71. The fourth-order valence-electron chi connectivity index (χ4n) is 2.65. The Morgan fingerprint density at radius 2 is 1.85 bits per heavy atom. The maximum absolute atomic E-state index is 12.6. The normalized spacial score (nSPS) is 10.6. The summed E-state index contributed by atoms with van der Waals surface area (Å²) in [5.74, 6) is -0.764. The van der Waals surface area contributed by atoms with E-state index < -0.39 is 5.97 Å². The van der Waals surface area contributed by atoms with Crippen LogP contribution in [-0.4, -0.2) is 35.1 Å². The largest absolute Gasteiger partial charge is 0.508 e. The quantitative estimate of drug-likeness (QED) is 0.655. The van der Waals surface area contributed by atoms with Crippen molar-refractivity contribution in [2.45, 2.75) is 13.3 Å². The van der Waals surface area contributed by atoms with Crippen molar-refractivity contribution in [2.75, 3.05) is 13.2 Å². The molecule has 27 heavy (non-hydrogen) atoms. The molecule has 1 heterocycles. The number of aromatic hydroxyl groups is 1. The highest BCUT2D eigenvalue weighted by atomic mass is 16.5. The summed E-state index contributed by atoms with van der Waals surface area (Å²) in [6.07, 6.45) is 0.810. The first-order chi connectivity index (χ1) is 13.1. The molecule has 2 aromatic carbocycles. The molecule has 0 aliphatic rings. The highest BCUT2D eigenvalue weighted by molar-refractivity contribution is 6.05. The van der Waals surface area contributed by atoms with E-state index in [2.05, 4.69) is 10.3 Å². The van der Waals surface area contributed by atoms with Gasteiger partial charge in [-0.25, -0.2) is 9.78 Å². The summed E-state index contributed by atoms with van der Waals surface area (Å²) in [4.78, 5) is 28.9. The zero-order valence-corrected chi connectivity index (χ0v) is 14.9. The molecule has 0 fully saturated rings. The minimum Gasteiger partial charge on any atom is -0.508 e. The molecular formula is C21H20N2O4. The van der Waals surface area contributed by atoms with Crippen molar-refractivity contribution in [2.24, 2.45) is 0 Å². The molecule has 0 spiro atoms. The Bertz CT molecular complexity index is 968. The van der Waals surface area contributed by atoms with Crippen LogP contribution in [0.1, 0.15) is 23.7 Å². The first-order valence-corrected chi connectivity index (χ1v) is 8.71. The number of phenols is 1. The molecule has 6 nitrogen and oxygen atoms in total. The van der Waals surface area contributed by atoms with Gasteiger partial charge in [-0.1, -0.05) is 25.1 Å². The number of pyridine rings is 1. The molecule has 1 aromatic heterocycles. The van der Waals surface area contributed by atoms with Crippen molar-refractivity contribution >= 4 is 22.8 Å². The highest BCUT2D eigenvalue weighted by Crippen LogP contribution is 2.26. The SMILES string of the molecule is CCCNC(=O)COC(=O)c1cc(-c2ccc(O)cc2)nc2ccccc12. The number of fused-ring (bicyclic) bond motifs is 1. The first kappa shape index (κ1) is 18.4. The average Bonchev–Trinajstić information content (AvgIpc) is 2.70. The molecule has 0 atom stereocenters. The topological polar surface area (TPSA) is 88.5 Å². The van der Waals surface area contributed by atoms with E-state index in [1.807, 2.05) is 25.1 Å². The molecular weight excluding hydrogens is 344 g/mol. The Morgan fingerprint density at radius 3 is 2.59 bits per heavy atom. The third-order valence-electron chi connectivity index (χ3n) is 4.01. The smallest absolute Gasteiger partial charge is 0.339 e. The van der Waals surface area contributed by atoms with Gasteiger partial charge in [0, 0.05) is 17.5 Å². The van der Waals surface area contributed by atoms with Crippen LogP contribution >= 0.6 is 0 Å². The summed E-state index contributed by atoms with van der Waals surface area (Å²) in [7, 11) is 0. The van der Waals surface area contributed by atoms with E-state index in [9.17, 15) is 14.7 Å². The number of carbonyl (C=O) groups is 2. The van der Waals surface area contributed by atoms with Crippen molar-refractivity contribution in [3.8, 4) is 17.0 Å². The number of para-hydroxylation sites is 1. The van der Waals surface area contributed by atoms with Gasteiger partial charge in [0.15, 0.2) is 6.61 Å². The molecule has 2 N–H and O–H groups in total. The summed E-state index contributed by atoms with van der Waals surface area (Å²) < 4.78 is 5.19. The molecule has 0 radical (unpaired) electrons. The number of phenolic OH excluding ortho intramolecular Hbond substituents is 1. The summed E-state index contributed by atoms with van der Waals surface area (Å²) in [5, 5.41) is 12.8. The van der Waals surface area contributed by atoms with Crippen molar-refractivity contribution in [3.63, 3.8) is 0 Å². The van der Waals surface area contributed by atoms with Crippen LogP contribution in [0.25, 0.3) is 22.2 Å². The summed E-state index contributed by atoms with van der Waals surface area (Å²) in [6.45, 7) is 2.16. The van der Waals surface area contributed by atoms with Crippen LogP contribution in [0, 0.1) is 0 Å². The van der Waals surface area contributed by atoms with Gasteiger partial charge in [0.25, 0.3) is 5.91 Å². The second-order valence-corrected chi connectivity index (χ2v) is 6.05. The molecule has 0 saturated carbocycles. The van der Waals surface area contributed by atoms with Crippen molar-refractivity contribution < 1.29 is 19.4 Å². The number of carbonyl (C=O) groups excluding carboxylic acids is 2. The average molecular weight is 364 g/mol. The number of hydrogen-bond acceptors (Lipinski definition) is 5. The Morgan fingerprint density at radius 1 is 1.11 bits per heavy atom. The van der Waals surface area contributed by atoms with Gasteiger partial charge >= 0.3 is 5.97 Å². The van der Waals surface area contributed by atoms with Crippen LogP contribution < -0.4 is 5.32 Å². The maximum atomic E-state index is 12.6. The monoisotopic (exact) mass is 364 g/mol. The zero-order chi connectivity index (χ0) is 19.2. The van der Waals surface area contributed by atoms with E-state index in [-0.39, 0.29) is 18.3 Å². The fraction of sp³-hybridized carbons (Fsp3) is 0.190. The Kier molecular flexibility index (Phi) is 5.66. The number of nitrogens with zero attached hydrogens (tertiary/aromatic N) is 1. The Balaban J connectivity index is 1.92. The lowest BCUT2D eigenvalue weighted by Gasteiger charge is -2.10. The minimum absolute atomic E-state index is 0.150. The van der Waals surface area contributed by atoms with Crippen LogP contribution in [0.3, 0.4) is 0 Å².